The molecule has 0 bridgehead atoms. The maximum Gasteiger partial charge on any atom is 0.211 e. The van der Waals surface area contributed by atoms with Crippen LogP contribution in [0.4, 0.5) is 5.69 Å². The number of rotatable bonds is 6. The third kappa shape index (κ3) is 5.24. The van der Waals surface area contributed by atoms with Gasteiger partial charge in [-0.25, -0.2) is 0 Å². The van der Waals surface area contributed by atoms with E-state index in [1.54, 1.807) is 25.3 Å². The lowest BCUT2D eigenvalue weighted by molar-refractivity contribution is -0.105. The lowest BCUT2D eigenvalue weighted by Crippen LogP contribution is -1.99. The van der Waals surface area contributed by atoms with Crippen molar-refractivity contribution in [3.05, 3.63) is 18.2 Å². The van der Waals surface area contributed by atoms with Crippen LogP contribution in [-0.2, 0) is 4.79 Å². The van der Waals surface area contributed by atoms with Gasteiger partial charge in [-0.2, -0.15) is 0 Å². The highest BCUT2D eigenvalue weighted by Crippen LogP contribution is 2.29. The van der Waals surface area contributed by atoms with Crippen molar-refractivity contribution in [2.24, 2.45) is 0 Å². The fourth-order valence-corrected chi connectivity index (χ4v) is 1.16. The van der Waals surface area contributed by atoms with Gasteiger partial charge in [0, 0.05) is 11.8 Å². The smallest absolute Gasteiger partial charge is 0.211 e. The number of hydrogen-bond acceptors (Lipinski definition) is 3. The number of amides is 1. The van der Waals surface area contributed by atoms with Gasteiger partial charge in [0.1, 0.15) is 0 Å². The second-order valence-corrected chi connectivity index (χ2v) is 2.98. The minimum absolute atomic E-state index is 0.621. The fraction of sp³-hybridized carbons (Fsp3) is 0.462. The predicted molar refractivity (Wildman–Crippen MR) is 69.8 cm³/mol. The molecule has 1 amide bonds. The number of anilines is 1. The van der Waals surface area contributed by atoms with Gasteiger partial charge in [-0.3, -0.25) is 4.79 Å². The molecule has 1 N–H and O–H groups in total. The summed E-state index contributed by atoms with van der Waals surface area (Å²) in [6.45, 7) is 6.69. The molecular weight excluding hydrogens is 218 g/mol. The zero-order valence-corrected chi connectivity index (χ0v) is 10.9. The van der Waals surface area contributed by atoms with Crippen molar-refractivity contribution >= 4 is 12.1 Å². The Morgan fingerprint density at radius 3 is 2.53 bits per heavy atom. The summed E-state index contributed by atoms with van der Waals surface area (Å²) in [6, 6.07) is 5.27. The summed E-state index contributed by atoms with van der Waals surface area (Å²) >= 11 is 0. The third-order valence-electron chi connectivity index (χ3n) is 1.85. The van der Waals surface area contributed by atoms with Gasteiger partial charge in [0.05, 0.1) is 13.7 Å². The third-order valence-corrected chi connectivity index (χ3v) is 1.85. The largest absolute Gasteiger partial charge is 0.493 e. The van der Waals surface area contributed by atoms with E-state index >= 15 is 0 Å². The first-order chi connectivity index (χ1) is 8.31. The van der Waals surface area contributed by atoms with E-state index in [0.29, 0.717) is 30.2 Å². The highest BCUT2D eigenvalue weighted by Gasteiger charge is 2.04. The zero-order chi connectivity index (χ0) is 13.1. The topological polar surface area (TPSA) is 47.6 Å². The zero-order valence-electron chi connectivity index (χ0n) is 10.9. The van der Waals surface area contributed by atoms with Crippen LogP contribution in [0.5, 0.6) is 11.5 Å². The number of carbonyl (C=O) groups excluding carboxylic acids is 1. The standard InChI is InChI=1S/C11H15NO3.C2H6/c1-3-6-15-10-5-4-9(12-8-13)7-11(10)14-2;1-2/h4-5,7-8H,3,6H2,1-2H3,(H,12,13);1-2H3. The number of nitrogens with one attached hydrogen (secondary N) is 1. The van der Waals surface area contributed by atoms with Crippen LogP contribution in [-0.4, -0.2) is 20.1 Å². The molecule has 0 saturated carbocycles. The molecule has 0 heterocycles. The van der Waals surface area contributed by atoms with Crippen molar-refractivity contribution in [2.75, 3.05) is 19.0 Å². The van der Waals surface area contributed by atoms with Gasteiger partial charge in [-0.1, -0.05) is 20.8 Å². The Hall–Kier alpha value is -1.71. The van der Waals surface area contributed by atoms with E-state index in [1.807, 2.05) is 20.8 Å². The number of hydrogen-bond donors (Lipinski definition) is 1. The molecule has 0 aromatic heterocycles. The predicted octanol–water partition coefficient (Wildman–Crippen LogP) is 3.08. The van der Waals surface area contributed by atoms with Crippen LogP contribution >= 0.6 is 0 Å². The highest BCUT2D eigenvalue weighted by molar-refractivity contribution is 5.72. The summed E-state index contributed by atoms with van der Waals surface area (Å²) in [5, 5.41) is 2.55. The molecule has 4 heteroatoms. The molecule has 0 spiro atoms. The van der Waals surface area contributed by atoms with Crippen LogP contribution in [0.2, 0.25) is 0 Å². The minimum Gasteiger partial charge on any atom is -0.493 e. The molecular formula is C13H21NO3. The van der Waals surface area contributed by atoms with E-state index in [1.165, 1.54) is 0 Å². The Bertz CT molecular complexity index is 326. The van der Waals surface area contributed by atoms with Crippen LogP contribution in [0.15, 0.2) is 18.2 Å². The van der Waals surface area contributed by atoms with Gasteiger partial charge in [-0.05, 0) is 18.6 Å². The Morgan fingerprint density at radius 1 is 1.29 bits per heavy atom. The van der Waals surface area contributed by atoms with Crippen LogP contribution in [0.25, 0.3) is 0 Å². The molecule has 1 rings (SSSR count). The van der Waals surface area contributed by atoms with Crippen LogP contribution in [0.3, 0.4) is 0 Å². The van der Waals surface area contributed by atoms with Crippen molar-refractivity contribution < 1.29 is 14.3 Å². The van der Waals surface area contributed by atoms with Crippen molar-refractivity contribution in [1.82, 2.24) is 0 Å². The van der Waals surface area contributed by atoms with Crippen molar-refractivity contribution in [3.63, 3.8) is 0 Å². The van der Waals surface area contributed by atoms with Crippen molar-refractivity contribution in [3.8, 4) is 11.5 Å². The lowest BCUT2D eigenvalue weighted by Gasteiger charge is -2.10. The molecule has 1 aromatic carbocycles. The Morgan fingerprint density at radius 2 is 2.00 bits per heavy atom. The second-order valence-electron chi connectivity index (χ2n) is 2.98. The molecule has 0 fully saturated rings. The molecule has 0 saturated heterocycles. The number of carbonyl (C=O) groups is 1. The van der Waals surface area contributed by atoms with Gasteiger partial charge in [-0.15, -0.1) is 0 Å². The first-order valence-electron chi connectivity index (χ1n) is 5.82. The molecule has 96 valence electrons. The Kier molecular flexibility index (Phi) is 8.55. The Balaban J connectivity index is 0.00000121. The molecule has 17 heavy (non-hydrogen) atoms. The quantitative estimate of drug-likeness (QED) is 0.776. The average Bonchev–Trinajstić information content (AvgIpc) is 2.39. The summed E-state index contributed by atoms with van der Waals surface area (Å²) in [5.41, 5.74) is 0.686. The molecule has 0 unspecified atom stereocenters. The number of benzene rings is 1. The summed E-state index contributed by atoms with van der Waals surface area (Å²) < 4.78 is 10.6. The maximum atomic E-state index is 10.2. The van der Waals surface area contributed by atoms with E-state index in [0.717, 1.165) is 6.42 Å². The summed E-state index contributed by atoms with van der Waals surface area (Å²) in [7, 11) is 1.57. The molecule has 0 aliphatic heterocycles. The molecule has 1 aromatic rings. The van der Waals surface area contributed by atoms with Gasteiger partial charge in [0.2, 0.25) is 6.41 Å². The highest BCUT2D eigenvalue weighted by atomic mass is 16.5. The van der Waals surface area contributed by atoms with E-state index in [-0.39, 0.29) is 0 Å². The van der Waals surface area contributed by atoms with Crippen LogP contribution < -0.4 is 14.8 Å². The first kappa shape index (κ1) is 15.3. The second kappa shape index (κ2) is 9.51. The summed E-state index contributed by atoms with van der Waals surface area (Å²) in [4.78, 5) is 10.2. The molecule has 0 atom stereocenters. The molecule has 0 aliphatic carbocycles. The van der Waals surface area contributed by atoms with Gasteiger partial charge in [0.25, 0.3) is 0 Å². The summed E-state index contributed by atoms with van der Waals surface area (Å²) in [5.74, 6) is 1.31. The molecule has 0 radical (unpaired) electrons. The van der Waals surface area contributed by atoms with Gasteiger partial charge in [0.15, 0.2) is 11.5 Å². The number of methoxy groups -OCH3 is 1. The SMILES string of the molecule is CC.CCCOc1ccc(NC=O)cc1OC. The van der Waals surface area contributed by atoms with E-state index in [2.05, 4.69) is 5.32 Å². The van der Waals surface area contributed by atoms with E-state index < -0.39 is 0 Å². The first-order valence-corrected chi connectivity index (χ1v) is 5.82. The maximum absolute atomic E-state index is 10.2. The lowest BCUT2D eigenvalue weighted by atomic mass is 10.3. The van der Waals surface area contributed by atoms with E-state index in [4.69, 9.17) is 9.47 Å². The average molecular weight is 239 g/mol. The van der Waals surface area contributed by atoms with Crippen molar-refractivity contribution in [2.45, 2.75) is 27.2 Å². The number of ether oxygens (including phenoxy) is 2. The molecule has 0 aliphatic rings. The van der Waals surface area contributed by atoms with Gasteiger partial charge < -0.3 is 14.8 Å². The Labute approximate surface area is 103 Å². The monoisotopic (exact) mass is 239 g/mol. The van der Waals surface area contributed by atoms with Crippen molar-refractivity contribution in [1.29, 1.82) is 0 Å². The minimum atomic E-state index is 0.621. The van der Waals surface area contributed by atoms with Crippen LogP contribution in [0.1, 0.15) is 27.2 Å². The molecule has 4 nitrogen and oxygen atoms in total. The normalized spacial score (nSPS) is 8.71. The van der Waals surface area contributed by atoms with Crippen LogP contribution in [0, 0.1) is 0 Å². The fourth-order valence-electron chi connectivity index (χ4n) is 1.16. The summed E-state index contributed by atoms with van der Waals surface area (Å²) in [6.07, 6.45) is 1.57. The van der Waals surface area contributed by atoms with E-state index in [9.17, 15) is 4.79 Å². The van der Waals surface area contributed by atoms with Gasteiger partial charge >= 0.3 is 0 Å².